The molecule has 0 aliphatic heterocycles. The van der Waals surface area contributed by atoms with Crippen LogP contribution in [0.25, 0.3) is 39.9 Å². The van der Waals surface area contributed by atoms with Crippen molar-refractivity contribution in [2.24, 2.45) is 0 Å². The fourth-order valence-electron chi connectivity index (χ4n) is 3.10. The number of aryl methyl sites for hydroxylation is 1. The molecule has 4 aromatic heterocycles. The van der Waals surface area contributed by atoms with E-state index in [0.717, 1.165) is 39.7 Å². The number of hydrogen-bond acceptors (Lipinski definition) is 6. The third kappa shape index (κ3) is 3.33. The average molecular weight is 450 g/mol. The Morgan fingerprint density at radius 2 is 2.03 bits per heavy atom. The number of nitrogens with one attached hydrogen (secondary N) is 1. The lowest BCUT2D eigenvalue weighted by atomic mass is 10.2. The molecule has 144 valence electrons. The number of benzene rings is 1. The third-order valence-corrected chi connectivity index (χ3v) is 4.87. The van der Waals surface area contributed by atoms with E-state index in [1.165, 1.54) is 0 Å². The van der Waals surface area contributed by atoms with Crippen LogP contribution in [0.15, 0.2) is 57.8 Å². The topological polar surface area (TPSA) is 98.3 Å². The van der Waals surface area contributed by atoms with Gasteiger partial charge in [0.2, 0.25) is 5.95 Å². The first-order valence-electron chi connectivity index (χ1n) is 9.20. The minimum Gasteiger partial charge on any atom is -0.361 e. The second-order valence-electron chi connectivity index (χ2n) is 6.57. The third-order valence-electron chi connectivity index (χ3n) is 4.43. The van der Waals surface area contributed by atoms with Gasteiger partial charge in [0.25, 0.3) is 0 Å². The van der Waals surface area contributed by atoms with Gasteiger partial charge in [-0.05, 0) is 40.5 Å². The molecule has 0 saturated carbocycles. The Morgan fingerprint density at radius 3 is 2.86 bits per heavy atom. The van der Waals surface area contributed by atoms with Gasteiger partial charge in [-0.2, -0.15) is 4.68 Å². The summed E-state index contributed by atoms with van der Waals surface area (Å²) in [5.41, 5.74) is 3.16. The SMILES string of the molecule is CCCc1cc(-c2nc(-c3cncc(Br)c3)nn2-c2nc3ccccc3[nH]2)no1. The Balaban J connectivity index is 1.68. The molecule has 0 spiro atoms. The normalized spacial score (nSPS) is 11.4. The van der Waals surface area contributed by atoms with E-state index in [1.54, 1.807) is 17.1 Å². The van der Waals surface area contributed by atoms with Crippen molar-refractivity contribution >= 4 is 27.0 Å². The molecule has 0 fully saturated rings. The number of nitrogens with zero attached hydrogens (tertiary/aromatic N) is 6. The predicted octanol–water partition coefficient (Wildman–Crippen LogP) is 4.58. The van der Waals surface area contributed by atoms with Gasteiger partial charge in [0, 0.05) is 34.9 Å². The fraction of sp³-hybridized carbons (Fsp3) is 0.150. The molecule has 1 aromatic carbocycles. The van der Waals surface area contributed by atoms with Gasteiger partial charge in [0.05, 0.1) is 11.0 Å². The van der Waals surface area contributed by atoms with Gasteiger partial charge < -0.3 is 9.51 Å². The molecule has 4 heterocycles. The summed E-state index contributed by atoms with van der Waals surface area (Å²) in [6.07, 6.45) is 5.22. The molecule has 0 aliphatic carbocycles. The monoisotopic (exact) mass is 449 g/mol. The number of aromatic amines is 1. The number of aromatic nitrogens is 7. The molecule has 0 unspecified atom stereocenters. The molecule has 1 N–H and O–H groups in total. The highest BCUT2D eigenvalue weighted by atomic mass is 79.9. The Bertz CT molecular complexity index is 1270. The molecule has 9 heteroatoms. The number of rotatable bonds is 5. The minimum absolute atomic E-state index is 0.522. The maximum Gasteiger partial charge on any atom is 0.231 e. The molecule has 0 aliphatic rings. The fourth-order valence-corrected chi connectivity index (χ4v) is 3.47. The van der Waals surface area contributed by atoms with Crippen molar-refractivity contribution in [1.29, 1.82) is 0 Å². The van der Waals surface area contributed by atoms with Crippen LogP contribution in [0.5, 0.6) is 0 Å². The van der Waals surface area contributed by atoms with E-state index >= 15 is 0 Å². The summed E-state index contributed by atoms with van der Waals surface area (Å²) >= 11 is 3.45. The van der Waals surface area contributed by atoms with Crippen molar-refractivity contribution < 1.29 is 4.52 Å². The lowest BCUT2D eigenvalue weighted by Gasteiger charge is -1.98. The highest BCUT2D eigenvalue weighted by Crippen LogP contribution is 2.26. The van der Waals surface area contributed by atoms with Crippen LogP contribution >= 0.6 is 15.9 Å². The number of halogens is 1. The molecule has 0 saturated heterocycles. The summed E-state index contributed by atoms with van der Waals surface area (Å²) < 4.78 is 7.97. The molecule has 29 heavy (non-hydrogen) atoms. The van der Waals surface area contributed by atoms with E-state index in [4.69, 9.17) is 9.51 Å². The van der Waals surface area contributed by atoms with E-state index in [2.05, 4.69) is 48.1 Å². The number of imidazole rings is 1. The van der Waals surface area contributed by atoms with Gasteiger partial charge in [-0.15, -0.1) is 5.10 Å². The van der Waals surface area contributed by atoms with Crippen LogP contribution in [0.3, 0.4) is 0 Å². The predicted molar refractivity (Wildman–Crippen MR) is 111 cm³/mol. The standard InChI is InChI=1S/C20H16BrN7O/c1-2-5-14-9-17(27-29-14)19-25-18(12-8-13(21)11-22-10-12)26-28(19)20-23-15-6-3-4-7-16(15)24-20/h3-4,6-11H,2,5H2,1H3,(H,23,24). The Morgan fingerprint density at radius 1 is 1.14 bits per heavy atom. The lowest BCUT2D eigenvalue weighted by Crippen LogP contribution is -2.02. The molecule has 0 bridgehead atoms. The van der Waals surface area contributed by atoms with Gasteiger partial charge in [-0.3, -0.25) is 4.98 Å². The Labute approximate surface area is 174 Å². The van der Waals surface area contributed by atoms with Crippen LogP contribution in [0.4, 0.5) is 0 Å². The maximum absolute atomic E-state index is 5.46. The van der Waals surface area contributed by atoms with Crippen molar-refractivity contribution in [3.63, 3.8) is 0 Å². The van der Waals surface area contributed by atoms with Crippen LogP contribution in [0.1, 0.15) is 19.1 Å². The van der Waals surface area contributed by atoms with Crippen LogP contribution in [-0.4, -0.2) is 34.9 Å². The number of pyridine rings is 1. The first-order chi connectivity index (χ1) is 14.2. The van der Waals surface area contributed by atoms with Crippen LogP contribution < -0.4 is 0 Å². The number of hydrogen-bond donors (Lipinski definition) is 1. The first kappa shape index (κ1) is 17.7. The van der Waals surface area contributed by atoms with Crippen molar-refractivity contribution in [3.8, 4) is 28.9 Å². The first-order valence-corrected chi connectivity index (χ1v) is 9.99. The molecule has 0 radical (unpaired) electrons. The zero-order valence-electron chi connectivity index (χ0n) is 15.5. The largest absolute Gasteiger partial charge is 0.361 e. The average Bonchev–Trinajstić information content (AvgIpc) is 3.45. The highest BCUT2D eigenvalue weighted by Gasteiger charge is 2.20. The van der Waals surface area contributed by atoms with Gasteiger partial charge in [0.15, 0.2) is 17.3 Å². The van der Waals surface area contributed by atoms with Gasteiger partial charge in [-0.1, -0.05) is 24.2 Å². The van der Waals surface area contributed by atoms with E-state index in [0.29, 0.717) is 23.3 Å². The van der Waals surface area contributed by atoms with E-state index in [1.807, 2.05) is 36.4 Å². The molecular weight excluding hydrogens is 434 g/mol. The number of fused-ring (bicyclic) bond motifs is 1. The molecule has 5 rings (SSSR count). The maximum atomic E-state index is 5.46. The van der Waals surface area contributed by atoms with Gasteiger partial charge >= 0.3 is 0 Å². The van der Waals surface area contributed by atoms with E-state index in [9.17, 15) is 0 Å². The molecular formula is C20H16BrN7O. The molecule has 0 amide bonds. The van der Waals surface area contributed by atoms with E-state index in [-0.39, 0.29) is 0 Å². The Hall–Kier alpha value is -3.33. The number of H-pyrrole nitrogens is 1. The van der Waals surface area contributed by atoms with Crippen molar-refractivity contribution in [1.82, 2.24) is 34.9 Å². The van der Waals surface area contributed by atoms with Crippen LogP contribution in [0.2, 0.25) is 0 Å². The van der Waals surface area contributed by atoms with Crippen molar-refractivity contribution in [2.45, 2.75) is 19.8 Å². The summed E-state index contributed by atoms with van der Waals surface area (Å²) in [6, 6.07) is 11.6. The van der Waals surface area contributed by atoms with Crippen LogP contribution in [0, 0.1) is 0 Å². The summed E-state index contributed by atoms with van der Waals surface area (Å²) in [5, 5.41) is 8.89. The molecule has 0 atom stereocenters. The van der Waals surface area contributed by atoms with Crippen LogP contribution in [-0.2, 0) is 6.42 Å². The van der Waals surface area contributed by atoms with Gasteiger partial charge in [0.1, 0.15) is 5.76 Å². The van der Waals surface area contributed by atoms with E-state index < -0.39 is 0 Å². The molecule has 5 aromatic rings. The number of para-hydroxylation sites is 2. The summed E-state index contributed by atoms with van der Waals surface area (Å²) in [6.45, 7) is 2.09. The summed E-state index contributed by atoms with van der Waals surface area (Å²) in [5.74, 6) is 2.44. The smallest absolute Gasteiger partial charge is 0.231 e. The summed E-state index contributed by atoms with van der Waals surface area (Å²) in [7, 11) is 0. The van der Waals surface area contributed by atoms with Crippen molar-refractivity contribution in [3.05, 3.63) is 59.0 Å². The minimum atomic E-state index is 0.522. The lowest BCUT2D eigenvalue weighted by molar-refractivity contribution is 0.384. The Kier molecular flexibility index (Phi) is 4.44. The van der Waals surface area contributed by atoms with Crippen molar-refractivity contribution in [2.75, 3.05) is 0 Å². The second kappa shape index (κ2) is 7.25. The zero-order valence-corrected chi connectivity index (χ0v) is 17.1. The second-order valence-corrected chi connectivity index (χ2v) is 7.48. The summed E-state index contributed by atoms with van der Waals surface area (Å²) in [4.78, 5) is 16.9. The van der Waals surface area contributed by atoms with Gasteiger partial charge in [-0.25, -0.2) is 9.97 Å². The molecule has 8 nitrogen and oxygen atoms in total. The highest BCUT2D eigenvalue weighted by molar-refractivity contribution is 9.10. The quantitative estimate of drug-likeness (QED) is 0.421. The zero-order chi connectivity index (χ0) is 19.8.